The Bertz CT molecular complexity index is 516. The third kappa shape index (κ3) is 3.40. The van der Waals surface area contributed by atoms with Gasteiger partial charge in [0.05, 0.1) is 0 Å². The predicted octanol–water partition coefficient (Wildman–Crippen LogP) is 1.75. The van der Waals surface area contributed by atoms with Gasteiger partial charge in [0.15, 0.2) is 23.3 Å². The molecule has 0 aliphatic carbocycles. The minimum absolute atomic E-state index is 0.00975. The fraction of sp³-hybridized carbons (Fsp3) is 0.571. The molecule has 1 aliphatic heterocycles. The molecule has 1 amide bonds. The van der Waals surface area contributed by atoms with Crippen molar-refractivity contribution in [3.05, 3.63) is 17.7 Å². The number of anilines is 2. The molecule has 1 saturated heterocycles. The van der Waals surface area contributed by atoms with Crippen molar-refractivity contribution in [2.45, 2.75) is 19.8 Å². The third-order valence-corrected chi connectivity index (χ3v) is 3.67. The first-order chi connectivity index (χ1) is 10.1. The van der Waals surface area contributed by atoms with Crippen LogP contribution in [0.25, 0.3) is 0 Å². The number of rotatable bonds is 4. The lowest BCUT2D eigenvalue weighted by Crippen LogP contribution is -2.40. The molecule has 1 aromatic rings. The van der Waals surface area contributed by atoms with Crippen molar-refractivity contribution in [3.8, 4) is 0 Å². The molecule has 1 aliphatic rings. The molecule has 1 fully saturated rings. The molecule has 0 saturated carbocycles. The van der Waals surface area contributed by atoms with Gasteiger partial charge in [0, 0.05) is 38.7 Å². The lowest BCUT2D eigenvalue weighted by molar-refractivity contribution is -0.125. The summed E-state index contributed by atoms with van der Waals surface area (Å²) in [7, 11) is 1.61. The zero-order valence-electron chi connectivity index (χ0n) is 12.2. The molecule has 0 spiro atoms. The molecule has 0 aromatic carbocycles. The number of carbonyl (C=O) groups is 1. The summed E-state index contributed by atoms with van der Waals surface area (Å²) in [6.07, 6.45) is 1.27. The van der Waals surface area contributed by atoms with Crippen LogP contribution in [0.1, 0.15) is 19.8 Å². The van der Waals surface area contributed by atoms with E-state index < -0.39 is 11.6 Å². The van der Waals surface area contributed by atoms with Crippen molar-refractivity contribution < 1.29 is 13.6 Å². The van der Waals surface area contributed by atoms with Crippen molar-refractivity contribution in [1.82, 2.24) is 10.3 Å². The molecule has 0 unspecified atom stereocenters. The topological polar surface area (TPSA) is 57.3 Å². The molecular formula is C14H20F2N4O. The summed E-state index contributed by atoms with van der Waals surface area (Å²) >= 11 is 0. The van der Waals surface area contributed by atoms with E-state index >= 15 is 0 Å². The first kappa shape index (κ1) is 15.5. The Morgan fingerprint density at radius 1 is 1.38 bits per heavy atom. The van der Waals surface area contributed by atoms with E-state index in [-0.39, 0.29) is 23.5 Å². The largest absolute Gasteiger partial charge is 0.368 e. The van der Waals surface area contributed by atoms with Gasteiger partial charge in [-0.05, 0) is 19.8 Å². The average molecular weight is 298 g/mol. The highest BCUT2D eigenvalue weighted by atomic mass is 19.1. The average Bonchev–Trinajstić information content (AvgIpc) is 2.49. The van der Waals surface area contributed by atoms with Crippen LogP contribution in [0.3, 0.4) is 0 Å². The number of aromatic nitrogens is 1. The van der Waals surface area contributed by atoms with Crippen molar-refractivity contribution in [3.63, 3.8) is 0 Å². The molecule has 5 nitrogen and oxygen atoms in total. The fourth-order valence-electron chi connectivity index (χ4n) is 2.53. The fourth-order valence-corrected chi connectivity index (χ4v) is 2.53. The lowest BCUT2D eigenvalue weighted by Gasteiger charge is -2.32. The number of amides is 1. The van der Waals surface area contributed by atoms with Crippen LogP contribution in [-0.2, 0) is 4.79 Å². The molecule has 7 heteroatoms. The number of piperidine rings is 1. The quantitative estimate of drug-likeness (QED) is 0.889. The van der Waals surface area contributed by atoms with E-state index in [2.05, 4.69) is 15.6 Å². The molecule has 0 bridgehead atoms. The van der Waals surface area contributed by atoms with Gasteiger partial charge in [-0.25, -0.2) is 13.8 Å². The lowest BCUT2D eigenvalue weighted by atomic mass is 9.96. The molecule has 116 valence electrons. The molecule has 0 radical (unpaired) electrons. The van der Waals surface area contributed by atoms with Gasteiger partial charge in [0.1, 0.15) is 0 Å². The Kier molecular flexibility index (Phi) is 4.93. The van der Waals surface area contributed by atoms with Crippen molar-refractivity contribution in [2.75, 3.05) is 36.9 Å². The Labute approximate surface area is 122 Å². The number of halogens is 2. The number of nitrogens with zero attached hydrogens (tertiary/aromatic N) is 2. The highest BCUT2D eigenvalue weighted by Gasteiger charge is 2.27. The van der Waals surface area contributed by atoms with E-state index in [0.29, 0.717) is 32.5 Å². The molecule has 2 rings (SSSR count). The first-order valence-corrected chi connectivity index (χ1v) is 7.13. The molecule has 2 heterocycles. The Morgan fingerprint density at radius 2 is 2.05 bits per heavy atom. The van der Waals surface area contributed by atoms with Gasteiger partial charge in [-0.1, -0.05) is 0 Å². The second-order valence-electron chi connectivity index (χ2n) is 5.03. The van der Waals surface area contributed by atoms with E-state index in [1.54, 1.807) is 11.9 Å². The van der Waals surface area contributed by atoms with Crippen molar-refractivity contribution in [1.29, 1.82) is 0 Å². The standard InChI is InChI=1S/C14H20F2N4O/c1-3-18-12-10(15)8-11(16)13(19-12)20-6-4-9(5-7-20)14(21)17-2/h8-9H,3-7H2,1-2H3,(H,17,21)(H,18,19). The summed E-state index contributed by atoms with van der Waals surface area (Å²) in [5.74, 6) is -1.21. The van der Waals surface area contributed by atoms with Crippen LogP contribution >= 0.6 is 0 Å². The second-order valence-corrected chi connectivity index (χ2v) is 5.03. The Balaban J connectivity index is 2.12. The molecular weight excluding hydrogens is 278 g/mol. The van der Waals surface area contributed by atoms with Gasteiger partial charge in [0.2, 0.25) is 5.91 Å². The summed E-state index contributed by atoms with van der Waals surface area (Å²) in [5, 5.41) is 5.40. The summed E-state index contributed by atoms with van der Waals surface area (Å²) in [6, 6.07) is 0.852. The van der Waals surface area contributed by atoms with Crippen molar-refractivity contribution in [2.24, 2.45) is 5.92 Å². The van der Waals surface area contributed by atoms with Gasteiger partial charge < -0.3 is 15.5 Å². The number of hydrogen-bond donors (Lipinski definition) is 2. The number of carbonyl (C=O) groups excluding carboxylic acids is 1. The normalized spacial score (nSPS) is 15.9. The van der Waals surface area contributed by atoms with E-state index in [1.807, 2.05) is 6.92 Å². The molecule has 21 heavy (non-hydrogen) atoms. The molecule has 0 atom stereocenters. The van der Waals surface area contributed by atoms with Crippen LogP contribution in [0, 0.1) is 17.6 Å². The summed E-state index contributed by atoms with van der Waals surface area (Å²) in [5.41, 5.74) is 0. The maximum absolute atomic E-state index is 13.9. The number of nitrogens with one attached hydrogen (secondary N) is 2. The Hall–Kier alpha value is -1.92. The van der Waals surface area contributed by atoms with Crippen molar-refractivity contribution >= 4 is 17.5 Å². The number of hydrogen-bond acceptors (Lipinski definition) is 4. The summed E-state index contributed by atoms with van der Waals surface area (Å²) in [4.78, 5) is 17.4. The van der Waals surface area contributed by atoms with Gasteiger partial charge in [-0.15, -0.1) is 0 Å². The van der Waals surface area contributed by atoms with Crippen LogP contribution in [0.2, 0.25) is 0 Å². The number of pyridine rings is 1. The highest BCUT2D eigenvalue weighted by Crippen LogP contribution is 2.26. The van der Waals surface area contributed by atoms with E-state index in [9.17, 15) is 13.6 Å². The van der Waals surface area contributed by atoms with Gasteiger partial charge in [-0.3, -0.25) is 4.79 Å². The molecule has 2 N–H and O–H groups in total. The van der Waals surface area contributed by atoms with Gasteiger partial charge in [-0.2, -0.15) is 0 Å². The van der Waals surface area contributed by atoms with Crippen LogP contribution in [0.15, 0.2) is 6.07 Å². The highest BCUT2D eigenvalue weighted by molar-refractivity contribution is 5.78. The Morgan fingerprint density at radius 3 is 2.62 bits per heavy atom. The van der Waals surface area contributed by atoms with Crippen LogP contribution in [0.4, 0.5) is 20.4 Å². The van der Waals surface area contributed by atoms with Crippen LogP contribution < -0.4 is 15.5 Å². The minimum atomic E-state index is -0.696. The summed E-state index contributed by atoms with van der Waals surface area (Å²) < 4.78 is 27.5. The van der Waals surface area contributed by atoms with E-state index in [4.69, 9.17) is 0 Å². The predicted molar refractivity (Wildman–Crippen MR) is 77.3 cm³/mol. The SMILES string of the molecule is CCNc1nc(N2CCC(C(=O)NC)CC2)c(F)cc1F. The third-order valence-electron chi connectivity index (χ3n) is 3.67. The van der Waals surface area contributed by atoms with Gasteiger partial charge >= 0.3 is 0 Å². The minimum Gasteiger partial charge on any atom is -0.368 e. The zero-order valence-corrected chi connectivity index (χ0v) is 12.2. The van der Waals surface area contributed by atoms with Crippen LogP contribution in [-0.4, -0.2) is 37.6 Å². The van der Waals surface area contributed by atoms with Gasteiger partial charge in [0.25, 0.3) is 0 Å². The first-order valence-electron chi connectivity index (χ1n) is 7.13. The van der Waals surface area contributed by atoms with E-state index in [1.165, 1.54) is 0 Å². The molecule has 1 aromatic heterocycles. The maximum Gasteiger partial charge on any atom is 0.222 e. The van der Waals surface area contributed by atoms with E-state index in [0.717, 1.165) is 6.07 Å². The summed E-state index contributed by atoms with van der Waals surface area (Å²) in [6.45, 7) is 3.38. The second kappa shape index (κ2) is 6.69. The smallest absolute Gasteiger partial charge is 0.222 e. The maximum atomic E-state index is 13.9. The monoisotopic (exact) mass is 298 g/mol. The van der Waals surface area contributed by atoms with Crippen LogP contribution in [0.5, 0.6) is 0 Å². The zero-order chi connectivity index (χ0) is 15.4.